The Morgan fingerprint density at radius 3 is 2.93 bits per heavy atom. The summed E-state index contributed by atoms with van der Waals surface area (Å²) in [7, 11) is 3.36. The molecule has 0 spiro atoms. The molecule has 2 heterocycles. The zero-order valence-electron chi connectivity index (χ0n) is 16.0. The number of halogens is 2. The summed E-state index contributed by atoms with van der Waals surface area (Å²) >= 11 is 5.79. The van der Waals surface area contributed by atoms with E-state index in [1.807, 2.05) is 6.20 Å². The summed E-state index contributed by atoms with van der Waals surface area (Å²) in [5.74, 6) is -0.910. The van der Waals surface area contributed by atoms with Crippen LogP contribution in [0.25, 0.3) is 0 Å². The van der Waals surface area contributed by atoms with Gasteiger partial charge in [-0.05, 0) is 47.4 Å². The monoisotopic (exact) mass is 433 g/mol. The van der Waals surface area contributed by atoms with Gasteiger partial charge in [0, 0.05) is 26.0 Å². The fourth-order valence-corrected chi connectivity index (χ4v) is 3.80. The van der Waals surface area contributed by atoms with Crippen LogP contribution >= 0.6 is 11.6 Å². The van der Waals surface area contributed by atoms with Gasteiger partial charge < -0.3 is 19.5 Å². The van der Waals surface area contributed by atoms with Crippen molar-refractivity contribution in [2.24, 2.45) is 7.05 Å². The van der Waals surface area contributed by atoms with E-state index in [0.717, 1.165) is 11.1 Å². The van der Waals surface area contributed by atoms with E-state index in [4.69, 9.17) is 16.3 Å². The first-order valence-corrected chi connectivity index (χ1v) is 9.35. The number of benzene rings is 1. The number of nitrogens with zero attached hydrogens (tertiary/aromatic N) is 5. The lowest BCUT2D eigenvalue weighted by atomic mass is 10.1. The second kappa shape index (κ2) is 7.75. The number of aryl methyl sites for hydroxylation is 1. The smallest absolute Gasteiger partial charge is 0.372 e. The normalized spacial score (nSPS) is 15.0. The van der Waals surface area contributed by atoms with Crippen LogP contribution in [0.5, 0.6) is 6.01 Å². The number of aromatic amines is 1. The molecule has 0 saturated heterocycles. The number of tetrazole rings is 1. The summed E-state index contributed by atoms with van der Waals surface area (Å²) in [6.07, 6.45) is 2.42. The number of amides is 2. The number of ether oxygens (including phenoxy) is 1. The summed E-state index contributed by atoms with van der Waals surface area (Å²) in [6.45, 7) is 0. The summed E-state index contributed by atoms with van der Waals surface area (Å²) in [5, 5.41) is 15.4. The molecule has 4 rings (SSSR count). The Labute approximate surface area is 175 Å². The van der Waals surface area contributed by atoms with Gasteiger partial charge in [0.2, 0.25) is 0 Å². The average molecular weight is 434 g/mol. The molecule has 30 heavy (non-hydrogen) atoms. The van der Waals surface area contributed by atoms with Gasteiger partial charge >= 0.3 is 12.1 Å². The lowest BCUT2D eigenvalue weighted by Gasteiger charge is -2.23. The number of carbonyl (C=O) groups is 2. The van der Waals surface area contributed by atoms with Crippen LogP contribution in [0.3, 0.4) is 0 Å². The van der Waals surface area contributed by atoms with E-state index < -0.39 is 11.9 Å². The van der Waals surface area contributed by atoms with Gasteiger partial charge in [0.05, 0.1) is 11.1 Å². The highest BCUT2D eigenvalue weighted by Crippen LogP contribution is 2.38. The Hall–Kier alpha value is -3.47. The molecule has 1 aromatic carbocycles. The predicted octanol–water partition coefficient (Wildman–Crippen LogP) is 2.70. The molecule has 12 heteroatoms. The summed E-state index contributed by atoms with van der Waals surface area (Å²) in [4.78, 5) is 26.7. The third kappa shape index (κ3) is 3.59. The SMILES string of the molecule is CN(C(=O)Oc1nn[nH]n1)C1CCc2c1cn(C)c2C(=O)Nc1ccc(F)c(Cl)c1. The van der Waals surface area contributed by atoms with E-state index in [1.54, 1.807) is 18.7 Å². The molecule has 0 saturated carbocycles. The van der Waals surface area contributed by atoms with E-state index in [-0.39, 0.29) is 23.0 Å². The molecule has 0 radical (unpaired) electrons. The molecule has 1 unspecified atom stereocenters. The van der Waals surface area contributed by atoms with Crippen LogP contribution in [0.15, 0.2) is 24.4 Å². The largest absolute Gasteiger partial charge is 0.418 e. The van der Waals surface area contributed by atoms with Gasteiger partial charge in [-0.2, -0.15) is 5.21 Å². The number of rotatable bonds is 4. The Morgan fingerprint density at radius 1 is 1.43 bits per heavy atom. The highest BCUT2D eigenvalue weighted by Gasteiger charge is 2.35. The van der Waals surface area contributed by atoms with Crippen LogP contribution in [-0.4, -0.2) is 49.1 Å². The second-order valence-electron chi connectivity index (χ2n) is 6.83. The van der Waals surface area contributed by atoms with Crippen LogP contribution < -0.4 is 10.1 Å². The molecule has 2 amide bonds. The zero-order chi connectivity index (χ0) is 21.4. The summed E-state index contributed by atoms with van der Waals surface area (Å²) < 4.78 is 20.1. The first kappa shape index (κ1) is 19.8. The minimum atomic E-state index is -0.634. The van der Waals surface area contributed by atoms with Gasteiger partial charge in [-0.1, -0.05) is 21.8 Å². The third-order valence-electron chi connectivity index (χ3n) is 5.00. The molecule has 2 N–H and O–H groups in total. The molecular formula is C18H17ClFN7O3. The Bertz CT molecular complexity index is 1120. The van der Waals surface area contributed by atoms with Crippen LogP contribution in [-0.2, 0) is 13.5 Å². The zero-order valence-corrected chi connectivity index (χ0v) is 16.8. The van der Waals surface area contributed by atoms with Gasteiger partial charge in [-0.15, -0.1) is 0 Å². The van der Waals surface area contributed by atoms with E-state index in [2.05, 4.69) is 25.9 Å². The fraction of sp³-hybridized carbons (Fsp3) is 0.278. The number of fused-ring (bicyclic) bond motifs is 1. The first-order chi connectivity index (χ1) is 14.3. The van der Waals surface area contributed by atoms with Gasteiger partial charge in [0.25, 0.3) is 5.91 Å². The van der Waals surface area contributed by atoms with E-state index in [1.165, 1.54) is 23.1 Å². The number of hydrogen-bond donors (Lipinski definition) is 2. The van der Waals surface area contributed by atoms with Crippen LogP contribution in [0, 0.1) is 5.82 Å². The molecule has 10 nitrogen and oxygen atoms in total. The topological polar surface area (TPSA) is 118 Å². The van der Waals surface area contributed by atoms with Crippen molar-refractivity contribution in [2.45, 2.75) is 18.9 Å². The number of nitrogens with one attached hydrogen (secondary N) is 2. The molecule has 1 aliphatic carbocycles. The van der Waals surface area contributed by atoms with Crippen molar-refractivity contribution in [1.29, 1.82) is 0 Å². The highest BCUT2D eigenvalue weighted by atomic mass is 35.5. The molecule has 3 aromatic rings. The van der Waals surface area contributed by atoms with Crippen molar-refractivity contribution in [1.82, 2.24) is 30.1 Å². The number of aromatic nitrogens is 5. The molecule has 156 valence electrons. The van der Waals surface area contributed by atoms with Gasteiger partial charge in [-0.3, -0.25) is 4.79 Å². The fourth-order valence-electron chi connectivity index (χ4n) is 3.62. The number of carbonyl (C=O) groups excluding carboxylic acids is 2. The third-order valence-corrected chi connectivity index (χ3v) is 5.29. The molecule has 2 aromatic heterocycles. The summed E-state index contributed by atoms with van der Waals surface area (Å²) in [5.41, 5.74) is 2.55. The van der Waals surface area contributed by atoms with E-state index in [9.17, 15) is 14.0 Å². The van der Waals surface area contributed by atoms with Crippen molar-refractivity contribution in [3.8, 4) is 6.01 Å². The molecule has 0 aliphatic heterocycles. The number of anilines is 1. The Kier molecular flexibility index (Phi) is 5.12. The van der Waals surface area contributed by atoms with Gasteiger partial charge in [0.1, 0.15) is 11.5 Å². The molecule has 1 atom stereocenters. The van der Waals surface area contributed by atoms with Crippen LogP contribution in [0.2, 0.25) is 5.02 Å². The van der Waals surface area contributed by atoms with Crippen molar-refractivity contribution in [2.75, 3.05) is 12.4 Å². The second-order valence-corrected chi connectivity index (χ2v) is 7.24. The van der Waals surface area contributed by atoms with Crippen molar-refractivity contribution < 1.29 is 18.7 Å². The maximum Gasteiger partial charge on any atom is 0.418 e. The lowest BCUT2D eigenvalue weighted by molar-refractivity contribution is 0.101. The van der Waals surface area contributed by atoms with Crippen LogP contribution in [0.4, 0.5) is 14.9 Å². The average Bonchev–Trinajstić information content (AvgIpc) is 3.41. The Balaban J connectivity index is 1.53. The predicted molar refractivity (Wildman–Crippen MR) is 104 cm³/mol. The minimum absolute atomic E-state index is 0.0771. The number of H-pyrrole nitrogens is 1. The lowest BCUT2D eigenvalue weighted by Crippen LogP contribution is -2.32. The highest BCUT2D eigenvalue weighted by molar-refractivity contribution is 6.31. The van der Waals surface area contributed by atoms with E-state index >= 15 is 0 Å². The molecule has 0 bridgehead atoms. The van der Waals surface area contributed by atoms with E-state index in [0.29, 0.717) is 24.2 Å². The van der Waals surface area contributed by atoms with Crippen molar-refractivity contribution in [3.05, 3.63) is 52.1 Å². The van der Waals surface area contributed by atoms with Gasteiger partial charge in [0.15, 0.2) is 0 Å². The molecule has 0 fully saturated rings. The van der Waals surface area contributed by atoms with Crippen molar-refractivity contribution in [3.63, 3.8) is 0 Å². The quantitative estimate of drug-likeness (QED) is 0.653. The molecular weight excluding hydrogens is 417 g/mol. The molecule has 1 aliphatic rings. The van der Waals surface area contributed by atoms with Crippen LogP contribution in [0.1, 0.15) is 34.1 Å². The number of hydrogen-bond acceptors (Lipinski definition) is 6. The van der Waals surface area contributed by atoms with Gasteiger partial charge in [-0.25, -0.2) is 9.18 Å². The van der Waals surface area contributed by atoms with Crippen molar-refractivity contribution >= 4 is 29.3 Å². The maximum absolute atomic E-state index is 13.4. The maximum atomic E-state index is 13.4. The first-order valence-electron chi connectivity index (χ1n) is 8.97. The Morgan fingerprint density at radius 2 is 2.23 bits per heavy atom. The standard InChI is InChI=1S/C18H17ClFN7O3/c1-26-8-11-10(15(26)16(28)21-9-3-5-13(20)12(19)7-9)4-6-14(11)27(2)18(29)30-17-22-24-25-23-17/h3,5,7-8,14H,4,6H2,1-2H3,(H,21,28)(H,22,23,24,25). The summed E-state index contributed by atoms with van der Waals surface area (Å²) in [6, 6.07) is 3.53. The minimum Gasteiger partial charge on any atom is -0.372 e.